The molecule has 2 aliphatic heterocycles. The van der Waals surface area contributed by atoms with Crippen molar-refractivity contribution in [3.05, 3.63) is 77.4 Å². The minimum Gasteiger partial charge on any atom is -0.379 e. The monoisotopic (exact) mass is 559 g/mol. The number of hydrogen-bond acceptors (Lipinski definition) is 7. The Labute approximate surface area is 238 Å². The Kier molecular flexibility index (Phi) is 10.1. The van der Waals surface area contributed by atoms with Crippen molar-refractivity contribution >= 4 is 47.4 Å². The van der Waals surface area contributed by atoms with Crippen LogP contribution < -0.4 is 21.3 Å². The van der Waals surface area contributed by atoms with E-state index in [0.717, 1.165) is 39.4 Å². The third kappa shape index (κ3) is 7.53. The Morgan fingerprint density at radius 2 is 1.51 bits per heavy atom. The third-order valence-electron chi connectivity index (χ3n) is 6.72. The van der Waals surface area contributed by atoms with Gasteiger partial charge in [0.25, 0.3) is 11.8 Å². The van der Waals surface area contributed by atoms with Gasteiger partial charge in [-0.05, 0) is 22.8 Å². The zero-order chi connectivity index (χ0) is 29.2. The van der Waals surface area contributed by atoms with E-state index >= 15 is 0 Å². The lowest BCUT2D eigenvalue weighted by Gasteiger charge is -2.27. The van der Waals surface area contributed by atoms with Crippen LogP contribution in [-0.2, 0) is 35.3 Å². The molecule has 11 nitrogen and oxygen atoms in total. The van der Waals surface area contributed by atoms with Crippen LogP contribution in [0.5, 0.6) is 0 Å². The van der Waals surface area contributed by atoms with E-state index in [2.05, 4.69) is 16.7 Å². The predicted molar refractivity (Wildman–Crippen MR) is 153 cm³/mol. The molecule has 41 heavy (non-hydrogen) atoms. The number of fused-ring (bicyclic) bond motifs is 2. The summed E-state index contributed by atoms with van der Waals surface area (Å²) >= 11 is 0. The number of rotatable bonds is 12. The van der Waals surface area contributed by atoms with Crippen molar-refractivity contribution in [3.8, 4) is 0 Å². The maximum Gasteiger partial charge on any atom is 0.254 e. The highest BCUT2D eigenvalue weighted by Crippen LogP contribution is 2.29. The van der Waals surface area contributed by atoms with Crippen molar-refractivity contribution in [2.45, 2.75) is 25.4 Å². The summed E-state index contributed by atoms with van der Waals surface area (Å²) in [7, 11) is 0. The van der Waals surface area contributed by atoms with Crippen LogP contribution in [0.4, 0.5) is 5.69 Å². The van der Waals surface area contributed by atoms with Gasteiger partial charge in [0.05, 0.1) is 25.4 Å². The highest BCUT2D eigenvalue weighted by molar-refractivity contribution is 6.15. The molecule has 2 aromatic carbocycles. The summed E-state index contributed by atoms with van der Waals surface area (Å²) in [5.74, 6) is -2.09. The highest BCUT2D eigenvalue weighted by Gasteiger charge is 2.34. The lowest BCUT2D eigenvalue weighted by atomic mass is 10.0. The normalized spacial score (nSPS) is 15.4. The molecule has 0 fully saturated rings. The van der Waals surface area contributed by atoms with Crippen molar-refractivity contribution < 1.29 is 28.7 Å². The first kappa shape index (κ1) is 29.4. The molecule has 1 atom stereocenters. The van der Waals surface area contributed by atoms with Gasteiger partial charge in [0, 0.05) is 44.6 Å². The first-order chi connectivity index (χ1) is 19.9. The molecule has 0 aromatic heterocycles. The fraction of sp³-hybridized carbons (Fsp3) is 0.300. The molecule has 0 saturated heterocycles. The zero-order valence-corrected chi connectivity index (χ0v) is 22.6. The predicted octanol–water partition coefficient (Wildman–Crippen LogP) is 0.985. The van der Waals surface area contributed by atoms with Crippen molar-refractivity contribution in [2.75, 3.05) is 37.7 Å². The summed E-state index contributed by atoms with van der Waals surface area (Å²) in [6.45, 7) is 0.772. The van der Waals surface area contributed by atoms with Crippen molar-refractivity contribution in [3.63, 3.8) is 0 Å². The van der Waals surface area contributed by atoms with Crippen molar-refractivity contribution in [1.82, 2.24) is 15.5 Å². The topological polar surface area (TPSA) is 151 Å². The van der Waals surface area contributed by atoms with Gasteiger partial charge in [-0.1, -0.05) is 54.6 Å². The van der Waals surface area contributed by atoms with Crippen LogP contribution in [0, 0.1) is 0 Å². The van der Waals surface area contributed by atoms with E-state index in [1.807, 2.05) is 54.6 Å². The highest BCUT2D eigenvalue weighted by atomic mass is 16.5. The minimum absolute atomic E-state index is 0.0841. The number of anilines is 1. The third-order valence-corrected chi connectivity index (χ3v) is 6.72. The van der Waals surface area contributed by atoms with E-state index in [9.17, 15) is 24.0 Å². The Hall–Kier alpha value is -4.61. The van der Waals surface area contributed by atoms with Gasteiger partial charge in [-0.3, -0.25) is 28.9 Å². The molecular weight excluding hydrogens is 526 g/mol. The first-order valence-corrected chi connectivity index (χ1v) is 13.4. The van der Waals surface area contributed by atoms with Crippen LogP contribution in [0.15, 0.2) is 60.7 Å². The SMILES string of the molecule is NC[C@H](C(=O)NCCOCCC(=O)NCCC(=O)N1Cc2ccccc2/C=C\c2ccccc21)N1C(=O)C=CC1=O. The second kappa shape index (κ2) is 14.1. The molecule has 0 radical (unpaired) electrons. The van der Waals surface area contributed by atoms with Crippen LogP contribution in [0.2, 0.25) is 0 Å². The molecule has 214 valence electrons. The van der Waals surface area contributed by atoms with Crippen LogP contribution in [0.25, 0.3) is 12.2 Å². The molecule has 0 aliphatic carbocycles. The molecule has 11 heteroatoms. The van der Waals surface area contributed by atoms with Crippen LogP contribution in [0.3, 0.4) is 0 Å². The number of imide groups is 1. The van der Waals surface area contributed by atoms with E-state index in [1.165, 1.54) is 0 Å². The molecule has 0 bridgehead atoms. The Bertz CT molecular complexity index is 1350. The molecule has 5 amide bonds. The van der Waals surface area contributed by atoms with E-state index in [1.54, 1.807) is 4.90 Å². The summed E-state index contributed by atoms with van der Waals surface area (Å²) in [4.78, 5) is 63.9. The number of para-hydroxylation sites is 1. The number of nitrogens with zero attached hydrogens (tertiary/aromatic N) is 2. The Morgan fingerprint density at radius 1 is 0.829 bits per heavy atom. The summed E-state index contributed by atoms with van der Waals surface area (Å²) in [6, 6.07) is 14.6. The number of benzene rings is 2. The summed E-state index contributed by atoms with van der Waals surface area (Å²) in [5.41, 5.74) is 9.44. The minimum atomic E-state index is -1.10. The number of ether oxygens (including phenoxy) is 1. The number of carbonyl (C=O) groups is 5. The molecule has 0 saturated carbocycles. The quantitative estimate of drug-likeness (QED) is 0.259. The van der Waals surface area contributed by atoms with Gasteiger partial charge >= 0.3 is 0 Å². The van der Waals surface area contributed by atoms with Crippen molar-refractivity contribution in [2.24, 2.45) is 5.73 Å². The van der Waals surface area contributed by atoms with E-state index in [-0.39, 0.29) is 57.5 Å². The first-order valence-electron chi connectivity index (χ1n) is 13.4. The van der Waals surface area contributed by atoms with Gasteiger partial charge in [0.2, 0.25) is 17.7 Å². The van der Waals surface area contributed by atoms with Gasteiger partial charge in [-0.25, -0.2) is 0 Å². The average Bonchev–Trinajstić information content (AvgIpc) is 3.29. The lowest BCUT2D eigenvalue weighted by Crippen LogP contribution is -2.53. The number of nitrogens with one attached hydrogen (secondary N) is 2. The molecule has 4 rings (SSSR count). The van der Waals surface area contributed by atoms with Gasteiger partial charge in [0.1, 0.15) is 6.04 Å². The molecule has 2 heterocycles. The smallest absolute Gasteiger partial charge is 0.254 e. The number of hydrogen-bond donors (Lipinski definition) is 3. The number of nitrogens with two attached hydrogens (primary N) is 1. The fourth-order valence-corrected chi connectivity index (χ4v) is 4.58. The van der Waals surface area contributed by atoms with Crippen LogP contribution in [-0.4, -0.2) is 73.3 Å². The maximum atomic E-state index is 13.2. The Morgan fingerprint density at radius 3 is 2.27 bits per heavy atom. The summed E-state index contributed by atoms with van der Waals surface area (Å²) in [6.07, 6.45) is 6.46. The standard InChI is InChI=1S/C30H33N5O6/c31-19-25(35-28(38)11-12-29(35)39)30(40)33-16-18-41-17-14-26(36)32-15-13-27(37)34-20-23-7-2-1-5-21(23)9-10-22-6-3-4-8-24(22)34/h1-12,25H,13-20,31H2,(H,32,36)(H,33,40)/b10-9-/t25-/m1/s1. The molecule has 0 unspecified atom stereocenters. The number of amides is 5. The fourth-order valence-electron chi connectivity index (χ4n) is 4.58. The lowest BCUT2D eigenvalue weighted by molar-refractivity contribution is -0.145. The maximum absolute atomic E-state index is 13.2. The van der Waals surface area contributed by atoms with Gasteiger partial charge < -0.3 is 26.0 Å². The average molecular weight is 560 g/mol. The summed E-state index contributed by atoms with van der Waals surface area (Å²) < 4.78 is 5.41. The van der Waals surface area contributed by atoms with Crippen LogP contribution >= 0.6 is 0 Å². The molecule has 0 spiro atoms. The largest absolute Gasteiger partial charge is 0.379 e. The van der Waals surface area contributed by atoms with Gasteiger partial charge in [-0.15, -0.1) is 0 Å². The van der Waals surface area contributed by atoms with E-state index in [0.29, 0.717) is 6.54 Å². The Balaban J connectivity index is 1.16. The summed E-state index contributed by atoms with van der Waals surface area (Å²) in [5, 5.41) is 5.33. The number of carbonyl (C=O) groups excluding carboxylic acids is 5. The molecule has 2 aliphatic rings. The van der Waals surface area contributed by atoms with Crippen molar-refractivity contribution in [1.29, 1.82) is 0 Å². The van der Waals surface area contributed by atoms with E-state index < -0.39 is 23.8 Å². The second-order valence-electron chi connectivity index (χ2n) is 9.46. The van der Waals surface area contributed by atoms with Gasteiger partial charge in [0.15, 0.2) is 0 Å². The second-order valence-corrected chi connectivity index (χ2v) is 9.46. The van der Waals surface area contributed by atoms with Gasteiger partial charge in [-0.2, -0.15) is 0 Å². The zero-order valence-electron chi connectivity index (χ0n) is 22.6. The molecule has 2 aromatic rings. The van der Waals surface area contributed by atoms with Crippen LogP contribution in [0.1, 0.15) is 29.5 Å². The van der Waals surface area contributed by atoms with E-state index in [4.69, 9.17) is 10.5 Å². The molecular formula is C30H33N5O6. The molecule has 4 N–H and O–H groups in total.